The average molecular weight is 284 g/mol. The zero-order chi connectivity index (χ0) is 15.5. The normalized spacial score (nSPS) is 31.4. The minimum atomic E-state index is 0.109. The standard InChI is InChI=1S/C18H37NO/c1-8-15(19)17(18(5,6)7)20-16-11-13(4)9-10-14(16)12(2)3/h12-17H,8-11,19H2,1-7H3. The third kappa shape index (κ3) is 4.73. The zero-order valence-electron chi connectivity index (χ0n) is 14.8. The van der Waals surface area contributed by atoms with Gasteiger partial charge in [0.25, 0.3) is 0 Å². The zero-order valence-corrected chi connectivity index (χ0v) is 14.8. The summed E-state index contributed by atoms with van der Waals surface area (Å²) in [6, 6.07) is 0.139. The Bertz CT molecular complexity index is 282. The van der Waals surface area contributed by atoms with Crippen molar-refractivity contribution in [1.82, 2.24) is 0 Å². The Morgan fingerprint density at radius 2 is 1.80 bits per heavy atom. The second-order valence-electron chi connectivity index (χ2n) is 8.36. The van der Waals surface area contributed by atoms with E-state index in [0.717, 1.165) is 12.3 Å². The van der Waals surface area contributed by atoms with Crippen LogP contribution in [0.2, 0.25) is 0 Å². The van der Waals surface area contributed by atoms with E-state index in [1.165, 1.54) is 19.3 Å². The van der Waals surface area contributed by atoms with Crippen LogP contribution in [0.25, 0.3) is 0 Å². The molecule has 1 aliphatic rings. The van der Waals surface area contributed by atoms with Gasteiger partial charge in [0.1, 0.15) is 0 Å². The molecule has 0 aromatic rings. The highest BCUT2D eigenvalue weighted by Crippen LogP contribution is 2.38. The van der Waals surface area contributed by atoms with Crippen LogP contribution in [-0.4, -0.2) is 18.2 Å². The molecule has 2 N–H and O–H groups in total. The molecule has 5 atom stereocenters. The molecular weight excluding hydrogens is 246 g/mol. The van der Waals surface area contributed by atoms with Crippen molar-refractivity contribution in [2.24, 2.45) is 28.9 Å². The smallest absolute Gasteiger partial charge is 0.0777 e. The minimum Gasteiger partial charge on any atom is -0.373 e. The average Bonchev–Trinajstić information content (AvgIpc) is 2.33. The van der Waals surface area contributed by atoms with E-state index < -0.39 is 0 Å². The molecule has 0 aromatic heterocycles. The first-order valence-electron chi connectivity index (χ1n) is 8.57. The Hall–Kier alpha value is -0.0800. The fourth-order valence-electron chi connectivity index (χ4n) is 3.62. The van der Waals surface area contributed by atoms with Gasteiger partial charge in [0.05, 0.1) is 12.2 Å². The summed E-state index contributed by atoms with van der Waals surface area (Å²) >= 11 is 0. The molecular formula is C18H37NO. The lowest BCUT2D eigenvalue weighted by Gasteiger charge is -2.43. The summed E-state index contributed by atoms with van der Waals surface area (Å²) in [6.45, 7) is 16.0. The van der Waals surface area contributed by atoms with Gasteiger partial charge in [-0.05, 0) is 42.4 Å². The van der Waals surface area contributed by atoms with Gasteiger partial charge < -0.3 is 10.5 Å². The highest BCUT2D eigenvalue weighted by Gasteiger charge is 2.38. The maximum absolute atomic E-state index is 6.63. The van der Waals surface area contributed by atoms with Gasteiger partial charge in [-0.15, -0.1) is 0 Å². The van der Waals surface area contributed by atoms with Crippen molar-refractivity contribution in [3.63, 3.8) is 0 Å². The van der Waals surface area contributed by atoms with Gasteiger partial charge in [0.2, 0.25) is 0 Å². The SMILES string of the molecule is CCC(N)C(OC1CC(C)CCC1C(C)C)C(C)(C)C. The Kier molecular flexibility index (Phi) is 6.53. The molecule has 1 rings (SSSR count). The van der Waals surface area contributed by atoms with Crippen LogP contribution in [0.3, 0.4) is 0 Å². The molecule has 0 spiro atoms. The van der Waals surface area contributed by atoms with Gasteiger partial charge in [-0.3, -0.25) is 0 Å². The third-order valence-electron chi connectivity index (χ3n) is 5.00. The van der Waals surface area contributed by atoms with Gasteiger partial charge in [-0.25, -0.2) is 0 Å². The first-order valence-corrected chi connectivity index (χ1v) is 8.57. The predicted molar refractivity (Wildman–Crippen MR) is 87.7 cm³/mol. The molecule has 2 heteroatoms. The van der Waals surface area contributed by atoms with Gasteiger partial charge in [-0.2, -0.15) is 0 Å². The molecule has 0 saturated heterocycles. The number of hydrogen-bond acceptors (Lipinski definition) is 2. The summed E-state index contributed by atoms with van der Waals surface area (Å²) in [7, 11) is 0. The summed E-state index contributed by atoms with van der Waals surface area (Å²) in [5.74, 6) is 2.18. The molecule has 0 heterocycles. The minimum absolute atomic E-state index is 0.109. The molecule has 0 aliphatic heterocycles. The second-order valence-corrected chi connectivity index (χ2v) is 8.36. The maximum atomic E-state index is 6.63. The molecule has 0 aromatic carbocycles. The van der Waals surface area contributed by atoms with E-state index >= 15 is 0 Å². The molecule has 120 valence electrons. The van der Waals surface area contributed by atoms with Gasteiger partial charge >= 0.3 is 0 Å². The molecule has 1 saturated carbocycles. The van der Waals surface area contributed by atoms with Crippen LogP contribution >= 0.6 is 0 Å². The van der Waals surface area contributed by atoms with Crippen LogP contribution in [-0.2, 0) is 4.74 Å². The first kappa shape index (κ1) is 18.0. The monoisotopic (exact) mass is 283 g/mol. The second kappa shape index (κ2) is 7.26. The van der Waals surface area contributed by atoms with E-state index in [0.29, 0.717) is 17.9 Å². The van der Waals surface area contributed by atoms with Crippen molar-refractivity contribution < 1.29 is 4.74 Å². The molecule has 1 aliphatic carbocycles. The van der Waals surface area contributed by atoms with E-state index in [9.17, 15) is 0 Å². The third-order valence-corrected chi connectivity index (χ3v) is 5.00. The van der Waals surface area contributed by atoms with Crippen LogP contribution in [0.4, 0.5) is 0 Å². The summed E-state index contributed by atoms with van der Waals surface area (Å²) in [5, 5.41) is 0. The van der Waals surface area contributed by atoms with E-state index in [-0.39, 0.29) is 17.6 Å². The largest absolute Gasteiger partial charge is 0.373 e. The fourth-order valence-corrected chi connectivity index (χ4v) is 3.62. The number of rotatable bonds is 5. The number of hydrogen-bond donors (Lipinski definition) is 1. The molecule has 0 bridgehead atoms. The summed E-state index contributed by atoms with van der Waals surface area (Å²) in [4.78, 5) is 0. The predicted octanol–water partition coefficient (Wildman–Crippen LogP) is 4.62. The van der Waals surface area contributed by atoms with E-state index in [4.69, 9.17) is 10.5 Å². The van der Waals surface area contributed by atoms with E-state index in [2.05, 4.69) is 48.5 Å². The maximum Gasteiger partial charge on any atom is 0.0777 e. The molecule has 20 heavy (non-hydrogen) atoms. The number of ether oxygens (including phenoxy) is 1. The highest BCUT2D eigenvalue weighted by molar-refractivity contribution is 4.88. The Balaban J connectivity index is 2.83. The van der Waals surface area contributed by atoms with E-state index in [1.807, 2.05) is 0 Å². The summed E-state index contributed by atoms with van der Waals surface area (Å²) in [5.41, 5.74) is 6.46. The van der Waals surface area contributed by atoms with Crippen LogP contribution in [0, 0.1) is 23.2 Å². The van der Waals surface area contributed by atoms with Gasteiger partial charge in [0.15, 0.2) is 0 Å². The van der Waals surface area contributed by atoms with Gasteiger partial charge in [-0.1, -0.05) is 54.9 Å². The molecule has 0 radical (unpaired) electrons. The Morgan fingerprint density at radius 3 is 2.25 bits per heavy atom. The van der Waals surface area contributed by atoms with Crippen molar-refractivity contribution in [2.45, 2.75) is 92.4 Å². The Labute approximate surface area is 126 Å². The fraction of sp³-hybridized carbons (Fsp3) is 1.00. The highest BCUT2D eigenvalue weighted by atomic mass is 16.5. The van der Waals surface area contributed by atoms with Gasteiger partial charge in [0, 0.05) is 6.04 Å². The van der Waals surface area contributed by atoms with Crippen molar-refractivity contribution >= 4 is 0 Å². The van der Waals surface area contributed by atoms with E-state index in [1.54, 1.807) is 0 Å². The number of nitrogens with two attached hydrogens (primary N) is 1. The topological polar surface area (TPSA) is 35.2 Å². The molecule has 5 unspecified atom stereocenters. The molecule has 2 nitrogen and oxygen atoms in total. The first-order chi connectivity index (χ1) is 9.16. The lowest BCUT2D eigenvalue weighted by Crippen LogP contribution is -2.49. The van der Waals surface area contributed by atoms with Crippen LogP contribution < -0.4 is 5.73 Å². The van der Waals surface area contributed by atoms with Crippen molar-refractivity contribution in [1.29, 1.82) is 0 Å². The van der Waals surface area contributed by atoms with Crippen molar-refractivity contribution in [2.75, 3.05) is 0 Å². The summed E-state index contributed by atoms with van der Waals surface area (Å²) < 4.78 is 6.63. The lowest BCUT2D eigenvalue weighted by molar-refractivity contribution is -0.124. The molecule has 1 fully saturated rings. The quantitative estimate of drug-likeness (QED) is 0.799. The van der Waals surface area contributed by atoms with Crippen LogP contribution in [0.15, 0.2) is 0 Å². The van der Waals surface area contributed by atoms with Crippen LogP contribution in [0.5, 0.6) is 0 Å². The molecule has 0 amide bonds. The Morgan fingerprint density at radius 1 is 1.20 bits per heavy atom. The van der Waals surface area contributed by atoms with Crippen LogP contribution in [0.1, 0.15) is 74.1 Å². The van der Waals surface area contributed by atoms with Crippen molar-refractivity contribution in [3.8, 4) is 0 Å². The van der Waals surface area contributed by atoms with Crippen molar-refractivity contribution in [3.05, 3.63) is 0 Å². The summed E-state index contributed by atoms with van der Waals surface area (Å²) in [6.07, 6.45) is 5.39. The lowest BCUT2D eigenvalue weighted by atomic mass is 9.74.